The van der Waals surface area contributed by atoms with Crippen molar-refractivity contribution in [1.29, 1.82) is 0 Å². The largest absolute Gasteiger partial charge is 0.459 e. The second-order valence-corrected chi connectivity index (χ2v) is 8.74. The molecule has 2 amide bonds. The number of nitrogens with one attached hydrogen (secondary N) is 3. The molecule has 0 aliphatic carbocycles. The standard InChI is InChI=1S/C25H19FN4O3S/c1-14-11-22(30-24(31)20-7-4-10-33-20)34-23(14)25(32)27-16-8-9-18-19(13-16)29-21(28-18)12-15-5-2-3-6-17(15)26/h2-11,13H,12H2,1H3,(H,27,32)(H,28,29)(H,30,31). The number of nitrogens with zero attached hydrogens (tertiary/aromatic N) is 1. The number of thiophene rings is 1. The fourth-order valence-electron chi connectivity index (χ4n) is 3.58. The van der Waals surface area contributed by atoms with Gasteiger partial charge in [-0.05, 0) is 60.5 Å². The zero-order valence-electron chi connectivity index (χ0n) is 18.0. The zero-order valence-corrected chi connectivity index (χ0v) is 18.8. The Bertz CT molecular complexity index is 1500. The molecule has 0 unspecified atom stereocenters. The van der Waals surface area contributed by atoms with Gasteiger partial charge in [-0.1, -0.05) is 18.2 Å². The van der Waals surface area contributed by atoms with E-state index in [0.29, 0.717) is 33.4 Å². The molecule has 34 heavy (non-hydrogen) atoms. The summed E-state index contributed by atoms with van der Waals surface area (Å²) < 4.78 is 19.1. The van der Waals surface area contributed by atoms with Crippen LogP contribution in [0.1, 0.15) is 37.2 Å². The van der Waals surface area contributed by atoms with Gasteiger partial charge in [0, 0.05) is 12.1 Å². The molecule has 0 saturated heterocycles. The molecule has 9 heteroatoms. The first kappa shape index (κ1) is 21.6. The van der Waals surface area contributed by atoms with Gasteiger partial charge in [0.05, 0.1) is 27.2 Å². The van der Waals surface area contributed by atoms with Crippen LogP contribution in [0, 0.1) is 12.7 Å². The van der Waals surface area contributed by atoms with Crippen LogP contribution < -0.4 is 10.6 Å². The minimum absolute atomic E-state index is 0.194. The van der Waals surface area contributed by atoms with E-state index in [-0.39, 0.29) is 23.4 Å². The Hall–Kier alpha value is -4.24. The van der Waals surface area contributed by atoms with Crippen molar-refractivity contribution in [3.8, 4) is 0 Å². The molecule has 2 aromatic carbocycles. The van der Waals surface area contributed by atoms with E-state index in [2.05, 4.69) is 20.6 Å². The van der Waals surface area contributed by atoms with E-state index in [1.165, 1.54) is 23.7 Å². The number of H-pyrrole nitrogens is 1. The van der Waals surface area contributed by atoms with Crippen LogP contribution in [0.4, 0.5) is 15.1 Å². The summed E-state index contributed by atoms with van der Waals surface area (Å²) in [6.45, 7) is 1.81. The van der Waals surface area contributed by atoms with Gasteiger partial charge >= 0.3 is 0 Å². The van der Waals surface area contributed by atoms with Gasteiger partial charge in [-0.3, -0.25) is 9.59 Å². The smallest absolute Gasteiger partial charge is 0.291 e. The number of aromatic amines is 1. The molecule has 5 rings (SSSR count). The van der Waals surface area contributed by atoms with Crippen molar-refractivity contribution >= 4 is 44.9 Å². The third-order valence-corrected chi connectivity index (χ3v) is 6.36. The van der Waals surface area contributed by atoms with Crippen LogP contribution >= 0.6 is 11.3 Å². The molecule has 5 aromatic rings. The molecule has 0 spiro atoms. The summed E-state index contributed by atoms with van der Waals surface area (Å²) in [7, 11) is 0. The zero-order chi connectivity index (χ0) is 23.7. The van der Waals surface area contributed by atoms with Crippen molar-refractivity contribution < 1.29 is 18.4 Å². The number of aromatic nitrogens is 2. The molecule has 0 atom stereocenters. The Morgan fingerprint density at radius 2 is 1.91 bits per heavy atom. The first-order valence-electron chi connectivity index (χ1n) is 10.4. The van der Waals surface area contributed by atoms with E-state index in [1.807, 2.05) is 0 Å². The van der Waals surface area contributed by atoms with Gasteiger partial charge in [-0.15, -0.1) is 11.3 Å². The van der Waals surface area contributed by atoms with E-state index >= 15 is 0 Å². The number of rotatable bonds is 6. The number of halogens is 1. The Labute approximate surface area is 197 Å². The van der Waals surface area contributed by atoms with Crippen LogP contribution in [0.5, 0.6) is 0 Å². The summed E-state index contributed by atoms with van der Waals surface area (Å²) in [6, 6.07) is 16.9. The number of hydrogen-bond acceptors (Lipinski definition) is 5. The normalized spacial score (nSPS) is 11.0. The number of carbonyl (C=O) groups is 2. The maximum absolute atomic E-state index is 14.0. The van der Waals surface area contributed by atoms with Crippen LogP contribution in [0.2, 0.25) is 0 Å². The van der Waals surface area contributed by atoms with Gasteiger partial charge in [-0.2, -0.15) is 0 Å². The van der Waals surface area contributed by atoms with Crippen molar-refractivity contribution in [2.75, 3.05) is 10.6 Å². The molecule has 3 aromatic heterocycles. The first-order valence-corrected chi connectivity index (χ1v) is 11.3. The molecule has 0 bridgehead atoms. The van der Waals surface area contributed by atoms with E-state index in [1.54, 1.807) is 61.5 Å². The second-order valence-electron chi connectivity index (χ2n) is 7.69. The van der Waals surface area contributed by atoms with Crippen LogP contribution in [-0.2, 0) is 6.42 Å². The van der Waals surface area contributed by atoms with E-state index < -0.39 is 0 Å². The molecule has 0 aliphatic heterocycles. The van der Waals surface area contributed by atoms with Crippen molar-refractivity contribution in [1.82, 2.24) is 9.97 Å². The monoisotopic (exact) mass is 474 g/mol. The number of anilines is 2. The molecular weight excluding hydrogens is 455 g/mol. The van der Waals surface area contributed by atoms with Crippen molar-refractivity contribution in [3.63, 3.8) is 0 Å². The van der Waals surface area contributed by atoms with Crippen LogP contribution in [0.25, 0.3) is 11.0 Å². The summed E-state index contributed by atoms with van der Waals surface area (Å²) in [5.74, 6) is -0.114. The highest BCUT2D eigenvalue weighted by atomic mass is 32.1. The molecule has 0 saturated carbocycles. The molecular formula is C25H19FN4O3S. The lowest BCUT2D eigenvalue weighted by molar-refractivity contribution is 0.0995. The van der Waals surface area contributed by atoms with E-state index in [9.17, 15) is 14.0 Å². The SMILES string of the molecule is Cc1cc(NC(=O)c2ccco2)sc1C(=O)Nc1ccc2nc(Cc3ccccc3F)[nH]c2c1. The molecule has 170 valence electrons. The van der Waals surface area contributed by atoms with Crippen LogP contribution in [0.15, 0.2) is 71.3 Å². The Morgan fingerprint density at radius 3 is 2.71 bits per heavy atom. The Balaban J connectivity index is 1.30. The highest BCUT2D eigenvalue weighted by molar-refractivity contribution is 7.18. The van der Waals surface area contributed by atoms with Crippen molar-refractivity contribution in [2.24, 2.45) is 0 Å². The number of furan rings is 1. The lowest BCUT2D eigenvalue weighted by Crippen LogP contribution is -2.11. The lowest BCUT2D eigenvalue weighted by Gasteiger charge is -2.04. The van der Waals surface area contributed by atoms with E-state index in [0.717, 1.165) is 16.6 Å². The Kier molecular flexibility index (Phi) is 5.69. The van der Waals surface area contributed by atoms with Gasteiger partial charge in [0.2, 0.25) is 0 Å². The molecule has 0 aliphatic rings. The summed E-state index contributed by atoms with van der Waals surface area (Å²) in [4.78, 5) is 33.3. The van der Waals surface area contributed by atoms with E-state index in [4.69, 9.17) is 4.42 Å². The number of carbonyl (C=O) groups excluding carboxylic acids is 2. The van der Waals surface area contributed by atoms with Gasteiger partial charge < -0.3 is 20.0 Å². The van der Waals surface area contributed by atoms with Crippen molar-refractivity contribution in [3.05, 3.63) is 100 Å². The summed E-state index contributed by atoms with van der Waals surface area (Å²) >= 11 is 1.18. The quantitative estimate of drug-likeness (QED) is 0.291. The number of hydrogen-bond donors (Lipinski definition) is 3. The number of aryl methyl sites for hydroxylation is 1. The molecule has 0 fully saturated rings. The minimum Gasteiger partial charge on any atom is -0.459 e. The maximum atomic E-state index is 14.0. The van der Waals surface area contributed by atoms with Gasteiger partial charge in [0.1, 0.15) is 11.6 Å². The predicted molar refractivity (Wildman–Crippen MR) is 129 cm³/mol. The predicted octanol–water partition coefficient (Wildman–Crippen LogP) is 5.76. The van der Waals surface area contributed by atoms with Gasteiger partial charge in [0.15, 0.2) is 5.76 Å². The fraction of sp³-hybridized carbons (Fsp3) is 0.0800. The lowest BCUT2D eigenvalue weighted by atomic mass is 10.1. The minimum atomic E-state index is -0.380. The first-order chi connectivity index (χ1) is 16.5. The number of amides is 2. The Morgan fingerprint density at radius 1 is 1.06 bits per heavy atom. The molecule has 3 heterocycles. The number of fused-ring (bicyclic) bond motifs is 1. The third-order valence-electron chi connectivity index (χ3n) is 5.21. The average molecular weight is 475 g/mol. The maximum Gasteiger partial charge on any atom is 0.291 e. The van der Waals surface area contributed by atoms with Crippen molar-refractivity contribution in [2.45, 2.75) is 13.3 Å². The highest BCUT2D eigenvalue weighted by Gasteiger charge is 2.17. The van der Waals surface area contributed by atoms with Gasteiger partial charge in [0.25, 0.3) is 11.8 Å². The fourth-order valence-corrected chi connectivity index (χ4v) is 4.55. The third kappa shape index (κ3) is 4.46. The molecule has 0 radical (unpaired) electrons. The highest BCUT2D eigenvalue weighted by Crippen LogP contribution is 2.28. The summed E-state index contributed by atoms with van der Waals surface area (Å²) in [5.41, 5.74) is 3.34. The number of imidazole rings is 1. The number of benzene rings is 2. The van der Waals surface area contributed by atoms with Crippen LogP contribution in [0.3, 0.4) is 0 Å². The molecule has 3 N–H and O–H groups in total. The average Bonchev–Trinajstić information content (AvgIpc) is 3.55. The summed E-state index contributed by atoms with van der Waals surface area (Å²) in [5, 5.41) is 6.17. The summed E-state index contributed by atoms with van der Waals surface area (Å²) in [6.07, 6.45) is 1.76. The topological polar surface area (TPSA) is 100 Å². The second kappa shape index (κ2) is 8.95. The van der Waals surface area contributed by atoms with Crippen LogP contribution in [-0.4, -0.2) is 21.8 Å². The van der Waals surface area contributed by atoms with Gasteiger partial charge in [-0.25, -0.2) is 9.37 Å². The molecule has 7 nitrogen and oxygen atoms in total.